The van der Waals surface area contributed by atoms with Crippen LogP contribution in [-0.4, -0.2) is 59.7 Å². The second-order valence-corrected chi connectivity index (χ2v) is 11.3. The Hall–Kier alpha value is -2.83. The van der Waals surface area contributed by atoms with Gasteiger partial charge in [-0.2, -0.15) is 4.31 Å². The zero-order valence-corrected chi connectivity index (χ0v) is 19.0. The number of nitrogens with zero attached hydrogens (tertiary/aromatic N) is 2. The molecule has 2 aliphatic rings. The molecule has 2 heterocycles. The van der Waals surface area contributed by atoms with Gasteiger partial charge >= 0.3 is 0 Å². The lowest BCUT2D eigenvalue weighted by Gasteiger charge is -2.22. The van der Waals surface area contributed by atoms with Gasteiger partial charge in [-0.15, -0.1) is 0 Å². The third kappa shape index (κ3) is 4.66. The molecule has 0 saturated carbocycles. The Morgan fingerprint density at radius 3 is 2.31 bits per heavy atom. The summed E-state index contributed by atoms with van der Waals surface area (Å²) >= 11 is 0. The van der Waals surface area contributed by atoms with E-state index in [-0.39, 0.29) is 17.4 Å². The van der Waals surface area contributed by atoms with Gasteiger partial charge in [0.2, 0.25) is 32.7 Å². The van der Waals surface area contributed by atoms with Gasteiger partial charge in [-0.05, 0) is 49.2 Å². The molecule has 1 amide bonds. The molecule has 2 aliphatic heterocycles. The molecule has 0 atom stereocenters. The molecule has 0 radical (unpaired) electrons. The topological polar surface area (TPSA) is 122 Å². The van der Waals surface area contributed by atoms with Crippen molar-refractivity contribution in [2.24, 2.45) is 0 Å². The molecule has 0 unspecified atom stereocenters. The van der Waals surface area contributed by atoms with Crippen molar-refractivity contribution in [2.75, 3.05) is 42.3 Å². The average Bonchev–Trinajstić information content (AvgIpc) is 3.43. The van der Waals surface area contributed by atoms with E-state index in [1.807, 2.05) is 0 Å². The van der Waals surface area contributed by atoms with Gasteiger partial charge in [0.25, 0.3) is 0 Å². The molecule has 172 valence electrons. The molecule has 1 fully saturated rings. The molecular formula is C20H23N3O7S2. The normalized spacial score (nSPS) is 16.2. The highest BCUT2D eigenvalue weighted by Crippen LogP contribution is 2.36. The molecule has 1 saturated heterocycles. The van der Waals surface area contributed by atoms with E-state index in [1.165, 1.54) is 40.7 Å². The fourth-order valence-corrected chi connectivity index (χ4v) is 5.92. The Balaban J connectivity index is 1.47. The number of carbonyl (C=O) groups excluding carboxylic acids is 1. The number of anilines is 2. The van der Waals surface area contributed by atoms with Crippen molar-refractivity contribution in [1.29, 1.82) is 0 Å². The van der Waals surface area contributed by atoms with Crippen molar-refractivity contribution < 1.29 is 31.1 Å². The predicted octanol–water partition coefficient (Wildman–Crippen LogP) is 1.60. The lowest BCUT2D eigenvalue weighted by atomic mass is 10.2. The second kappa shape index (κ2) is 8.60. The summed E-state index contributed by atoms with van der Waals surface area (Å²) in [7, 11) is -7.32. The highest BCUT2D eigenvalue weighted by Gasteiger charge is 2.27. The lowest BCUT2D eigenvalue weighted by Crippen LogP contribution is -2.37. The first-order valence-electron chi connectivity index (χ1n) is 9.92. The fourth-order valence-electron chi connectivity index (χ4n) is 3.56. The SMILES string of the molecule is CS(=O)(=O)N(CC(=O)Nc1ccc(S(=O)(=O)N2CCCC2)cc1)c1ccc2c(c1)OCO2. The molecule has 2 aromatic rings. The van der Waals surface area contributed by atoms with Crippen molar-refractivity contribution in [3.05, 3.63) is 42.5 Å². The zero-order chi connectivity index (χ0) is 22.9. The third-order valence-corrected chi connectivity index (χ3v) is 8.23. The lowest BCUT2D eigenvalue weighted by molar-refractivity contribution is -0.114. The summed E-state index contributed by atoms with van der Waals surface area (Å²) in [6.07, 6.45) is 2.68. The van der Waals surface area contributed by atoms with Gasteiger partial charge in [0.05, 0.1) is 16.8 Å². The monoisotopic (exact) mass is 481 g/mol. The van der Waals surface area contributed by atoms with E-state index in [0.29, 0.717) is 30.3 Å². The largest absolute Gasteiger partial charge is 0.454 e. The maximum absolute atomic E-state index is 12.6. The van der Waals surface area contributed by atoms with Crippen LogP contribution in [0.1, 0.15) is 12.8 Å². The smallest absolute Gasteiger partial charge is 0.245 e. The van der Waals surface area contributed by atoms with Crippen LogP contribution < -0.4 is 19.1 Å². The van der Waals surface area contributed by atoms with Gasteiger partial charge < -0.3 is 14.8 Å². The minimum Gasteiger partial charge on any atom is -0.454 e. The number of carbonyl (C=O) groups is 1. The Kier molecular flexibility index (Phi) is 6.01. The van der Waals surface area contributed by atoms with E-state index in [1.54, 1.807) is 6.07 Å². The quantitative estimate of drug-likeness (QED) is 0.637. The van der Waals surface area contributed by atoms with E-state index in [2.05, 4.69) is 5.32 Å². The second-order valence-electron chi connectivity index (χ2n) is 7.49. The van der Waals surface area contributed by atoms with Crippen LogP contribution in [0.5, 0.6) is 11.5 Å². The average molecular weight is 482 g/mol. The van der Waals surface area contributed by atoms with E-state index >= 15 is 0 Å². The Bertz CT molecular complexity index is 1220. The third-order valence-electron chi connectivity index (χ3n) is 5.17. The molecule has 0 aliphatic carbocycles. The molecule has 4 rings (SSSR count). The van der Waals surface area contributed by atoms with Crippen LogP contribution in [-0.2, 0) is 24.8 Å². The molecule has 0 spiro atoms. The van der Waals surface area contributed by atoms with Crippen molar-refractivity contribution in [2.45, 2.75) is 17.7 Å². The van der Waals surface area contributed by atoms with Crippen molar-refractivity contribution in [3.8, 4) is 11.5 Å². The summed E-state index contributed by atoms with van der Waals surface area (Å²) in [6.45, 7) is 0.581. The molecule has 10 nitrogen and oxygen atoms in total. The maximum Gasteiger partial charge on any atom is 0.245 e. The van der Waals surface area contributed by atoms with Crippen LogP contribution in [0.3, 0.4) is 0 Å². The van der Waals surface area contributed by atoms with E-state index in [0.717, 1.165) is 23.4 Å². The van der Waals surface area contributed by atoms with E-state index < -0.39 is 32.5 Å². The van der Waals surface area contributed by atoms with Gasteiger partial charge in [-0.3, -0.25) is 9.10 Å². The number of fused-ring (bicyclic) bond motifs is 1. The minimum atomic E-state index is -3.77. The summed E-state index contributed by atoms with van der Waals surface area (Å²) in [5.74, 6) is 0.310. The predicted molar refractivity (Wildman–Crippen MR) is 118 cm³/mol. The van der Waals surface area contributed by atoms with E-state index in [4.69, 9.17) is 9.47 Å². The van der Waals surface area contributed by atoms with Gasteiger partial charge in [0.15, 0.2) is 11.5 Å². The molecule has 32 heavy (non-hydrogen) atoms. The first-order chi connectivity index (χ1) is 15.1. The number of rotatable bonds is 7. The Morgan fingerprint density at radius 2 is 1.66 bits per heavy atom. The summed E-state index contributed by atoms with van der Waals surface area (Å²) in [4.78, 5) is 12.7. The molecule has 1 N–H and O–H groups in total. The standard InChI is InChI=1S/C20H23N3O7S2/c1-31(25,26)23(16-6-9-18-19(12-16)30-14-29-18)13-20(24)21-15-4-7-17(8-5-15)32(27,28)22-10-2-3-11-22/h4-9,12H,2-3,10-11,13-14H2,1H3,(H,21,24). The van der Waals surface area contributed by atoms with Gasteiger partial charge in [0.1, 0.15) is 6.54 Å². The van der Waals surface area contributed by atoms with Gasteiger partial charge in [0, 0.05) is 24.8 Å². The molecular weight excluding hydrogens is 458 g/mol. The van der Waals surface area contributed by atoms with Crippen LogP contribution in [0.4, 0.5) is 11.4 Å². The molecule has 0 aromatic heterocycles. The van der Waals surface area contributed by atoms with Crippen LogP contribution >= 0.6 is 0 Å². The summed E-state index contributed by atoms with van der Waals surface area (Å²) in [6, 6.07) is 10.4. The van der Waals surface area contributed by atoms with Crippen molar-refractivity contribution in [3.63, 3.8) is 0 Å². The number of ether oxygens (including phenoxy) is 2. The zero-order valence-electron chi connectivity index (χ0n) is 17.4. The number of nitrogens with one attached hydrogen (secondary N) is 1. The number of sulfonamides is 2. The summed E-state index contributed by atoms with van der Waals surface area (Å²) in [5, 5.41) is 2.61. The molecule has 2 aromatic carbocycles. The van der Waals surface area contributed by atoms with Crippen molar-refractivity contribution in [1.82, 2.24) is 4.31 Å². The number of amides is 1. The molecule has 12 heteroatoms. The van der Waals surface area contributed by atoms with Gasteiger partial charge in [-0.1, -0.05) is 0 Å². The summed E-state index contributed by atoms with van der Waals surface area (Å²) < 4.78 is 62.7. The number of hydrogen-bond donors (Lipinski definition) is 1. The Labute approximate surface area is 186 Å². The van der Waals surface area contributed by atoms with Gasteiger partial charge in [-0.25, -0.2) is 16.8 Å². The van der Waals surface area contributed by atoms with E-state index in [9.17, 15) is 21.6 Å². The number of hydrogen-bond acceptors (Lipinski definition) is 7. The van der Waals surface area contributed by atoms with Crippen molar-refractivity contribution >= 4 is 37.3 Å². The first-order valence-corrected chi connectivity index (χ1v) is 13.2. The highest BCUT2D eigenvalue weighted by atomic mass is 32.2. The fraction of sp³-hybridized carbons (Fsp3) is 0.350. The number of benzene rings is 2. The van der Waals surface area contributed by atoms with Crippen LogP contribution in [0.25, 0.3) is 0 Å². The molecule has 0 bridgehead atoms. The Morgan fingerprint density at radius 1 is 1.00 bits per heavy atom. The van der Waals surface area contributed by atoms with Crippen LogP contribution in [0.15, 0.2) is 47.4 Å². The minimum absolute atomic E-state index is 0.0433. The van der Waals surface area contributed by atoms with Crippen LogP contribution in [0, 0.1) is 0 Å². The summed E-state index contributed by atoms with van der Waals surface area (Å²) in [5.41, 5.74) is 0.619. The first kappa shape index (κ1) is 22.4. The maximum atomic E-state index is 12.6. The highest BCUT2D eigenvalue weighted by molar-refractivity contribution is 7.92. The van der Waals surface area contributed by atoms with Crippen LogP contribution in [0.2, 0.25) is 0 Å².